The molecule has 2 aliphatic heterocycles. The highest BCUT2D eigenvalue weighted by molar-refractivity contribution is 8.04. The van der Waals surface area contributed by atoms with Gasteiger partial charge in [0.15, 0.2) is 0 Å². The summed E-state index contributed by atoms with van der Waals surface area (Å²) in [6, 6.07) is 15.7. The molecule has 4 rings (SSSR count). The molecule has 2 amide bonds. The Balaban J connectivity index is 1.40. The van der Waals surface area contributed by atoms with Crippen LogP contribution in [0.15, 0.2) is 58.3 Å². The van der Waals surface area contributed by atoms with Crippen LogP contribution in [0.25, 0.3) is 6.08 Å². The molecule has 5 nitrogen and oxygen atoms in total. The number of amides is 2. The Labute approximate surface area is 205 Å². The first-order valence-electron chi connectivity index (χ1n) is 11.6. The number of nitrogens with one attached hydrogen (secondary N) is 1. The number of nitrogens with zero attached hydrogens (tertiary/aromatic N) is 2. The number of rotatable bonds is 7. The minimum absolute atomic E-state index is 0.00338. The number of fused-ring (bicyclic) bond motifs is 1. The molecule has 2 aromatic carbocycles. The summed E-state index contributed by atoms with van der Waals surface area (Å²) >= 11 is 7.53. The van der Waals surface area contributed by atoms with Gasteiger partial charge in [0.1, 0.15) is 6.54 Å². The van der Waals surface area contributed by atoms with Crippen LogP contribution in [-0.2, 0) is 9.59 Å². The maximum absolute atomic E-state index is 13.3. The van der Waals surface area contributed by atoms with Crippen LogP contribution in [0.4, 0.5) is 5.69 Å². The second-order valence-electron chi connectivity index (χ2n) is 8.61. The van der Waals surface area contributed by atoms with Gasteiger partial charge in [-0.25, -0.2) is 0 Å². The average Bonchev–Trinajstić information content (AvgIpc) is 2.80. The van der Waals surface area contributed by atoms with E-state index in [0.29, 0.717) is 22.5 Å². The number of anilines is 1. The largest absolute Gasteiger partial charge is 0.355 e. The van der Waals surface area contributed by atoms with Crippen LogP contribution >= 0.6 is 23.4 Å². The van der Waals surface area contributed by atoms with Gasteiger partial charge in [0.2, 0.25) is 5.91 Å². The Bertz CT molecular complexity index is 1040. The Morgan fingerprint density at radius 3 is 2.88 bits per heavy atom. The Morgan fingerprint density at radius 2 is 2.06 bits per heavy atom. The Kier molecular flexibility index (Phi) is 8.12. The molecule has 33 heavy (non-hydrogen) atoms. The van der Waals surface area contributed by atoms with Crippen molar-refractivity contribution in [2.24, 2.45) is 0 Å². The van der Waals surface area contributed by atoms with E-state index in [1.807, 2.05) is 48.5 Å². The fourth-order valence-corrected chi connectivity index (χ4v) is 5.62. The summed E-state index contributed by atoms with van der Waals surface area (Å²) in [6.07, 6.45) is 6.57. The molecule has 1 fully saturated rings. The molecular formula is C26H30ClN3O2S. The summed E-state index contributed by atoms with van der Waals surface area (Å²) in [6.45, 7) is 5.04. The zero-order chi connectivity index (χ0) is 23.2. The van der Waals surface area contributed by atoms with Crippen LogP contribution < -0.4 is 10.2 Å². The quantitative estimate of drug-likeness (QED) is 0.434. The number of piperidine rings is 1. The first-order valence-corrected chi connectivity index (χ1v) is 12.8. The molecule has 2 aromatic rings. The zero-order valence-corrected chi connectivity index (χ0v) is 20.5. The molecule has 1 unspecified atom stereocenters. The zero-order valence-electron chi connectivity index (χ0n) is 18.9. The smallest absolute Gasteiger partial charge is 0.265 e. The van der Waals surface area contributed by atoms with Gasteiger partial charge in [0, 0.05) is 29.0 Å². The van der Waals surface area contributed by atoms with Gasteiger partial charge in [-0.3, -0.25) is 14.5 Å². The number of carbonyl (C=O) groups is 2. The topological polar surface area (TPSA) is 52.7 Å². The highest BCUT2D eigenvalue weighted by Crippen LogP contribution is 2.42. The molecule has 0 spiro atoms. The van der Waals surface area contributed by atoms with Crippen molar-refractivity contribution < 1.29 is 9.59 Å². The highest BCUT2D eigenvalue weighted by Gasteiger charge is 2.30. The SMILES string of the molecule is CC1CCCCN1CCCNC(=O)CN1C(=O)C(=Cc2cccc(Cl)c2)Sc2ccccc21. The van der Waals surface area contributed by atoms with Crippen molar-refractivity contribution in [3.63, 3.8) is 0 Å². The van der Waals surface area contributed by atoms with Gasteiger partial charge in [0.25, 0.3) is 5.91 Å². The molecule has 0 saturated carbocycles. The lowest BCUT2D eigenvalue weighted by Gasteiger charge is -2.33. The fourth-order valence-electron chi connectivity index (χ4n) is 4.37. The molecule has 1 atom stereocenters. The molecule has 0 aliphatic carbocycles. The van der Waals surface area contributed by atoms with Crippen LogP contribution in [-0.4, -0.2) is 48.9 Å². The standard InChI is InChI=1S/C26H30ClN3O2S/c1-19-8-4-5-14-29(19)15-7-13-28-25(31)18-30-22-11-2-3-12-23(22)33-24(26(30)32)17-20-9-6-10-21(27)16-20/h2-3,6,9-12,16-17,19H,4-5,7-8,13-15,18H2,1H3,(H,28,31). The first kappa shape index (κ1) is 23.9. The second kappa shape index (κ2) is 11.2. The maximum atomic E-state index is 13.3. The lowest BCUT2D eigenvalue weighted by molar-refractivity contribution is -0.122. The predicted octanol–water partition coefficient (Wildman–Crippen LogP) is 5.20. The van der Waals surface area contributed by atoms with E-state index in [9.17, 15) is 9.59 Å². The number of thioether (sulfide) groups is 1. The summed E-state index contributed by atoms with van der Waals surface area (Å²) in [7, 11) is 0. The number of para-hydroxylation sites is 1. The van der Waals surface area contributed by atoms with Gasteiger partial charge in [0.05, 0.1) is 10.6 Å². The summed E-state index contributed by atoms with van der Waals surface area (Å²) in [5.74, 6) is -0.310. The number of hydrogen-bond donors (Lipinski definition) is 1. The van der Waals surface area contributed by atoms with Crippen molar-refractivity contribution in [2.75, 3.05) is 31.1 Å². The van der Waals surface area contributed by atoms with Crippen LogP contribution in [0.1, 0.15) is 38.2 Å². The van der Waals surface area contributed by atoms with E-state index >= 15 is 0 Å². The number of hydrogen-bond acceptors (Lipinski definition) is 4. The van der Waals surface area contributed by atoms with Gasteiger partial charge in [-0.2, -0.15) is 0 Å². The van der Waals surface area contributed by atoms with Crippen molar-refractivity contribution >= 4 is 46.9 Å². The Hall–Kier alpha value is -2.28. The molecule has 0 aromatic heterocycles. The van der Waals surface area contributed by atoms with Crippen molar-refractivity contribution in [1.82, 2.24) is 10.2 Å². The maximum Gasteiger partial charge on any atom is 0.265 e. The fraction of sp³-hybridized carbons (Fsp3) is 0.385. The van der Waals surface area contributed by atoms with Crippen LogP contribution in [0.2, 0.25) is 5.02 Å². The van der Waals surface area contributed by atoms with Gasteiger partial charge in [-0.1, -0.05) is 54.0 Å². The van der Waals surface area contributed by atoms with E-state index in [1.54, 1.807) is 11.0 Å². The molecule has 2 aliphatic rings. The average molecular weight is 484 g/mol. The van der Waals surface area contributed by atoms with Crippen molar-refractivity contribution in [3.05, 3.63) is 64.0 Å². The lowest BCUT2D eigenvalue weighted by Crippen LogP contribution is -2.43. The minimum atomic E-state index is -0.170. The van der Waals surface area contributed by atoms with Crippen molar-refractivity contribution in [3.8, 4) is 0 Å². The van der Waals surface area contributed by atoms with Gasteiger partial charge in [-0.15, -0.1) is 0 Å². The van der Waals surface area contributed by atoms with Crippen LogP contribution in [0.3, 0.4) is 0 Å². The molecule has 7 heteroatoms. The van der Waals surface area contributed by atoms with E-state index in [-0.39, 0.29) is 18.4 Å². The van der Waals surface area contributed by atoms with Crippen LogP contribution in [0.5, 0.6) is 0 Å². The number of carbonyl (C=O) groups excluding carboxylic acids is 2. The van der Waals surface area contributed by atoms with E-state index < -0.39 is 0 Å². The van der Waals surface area contributed by atoms with E-state index in [0.717, 1.165) is 35.7 Å². The predicted molar refractivity (Wildman–Crippen MR) is 137 cm³/mol. The monoisotopic (exact) mass is 483 g/mol. The first-order chi connectivity index (χ1) is 16.0. The van der Waals surface area contributed by atoms with E-state index in [1.165, 1.54) is 31.0 Å². The van der Waals surface area contributed by atoms with Crippen LogP contribution in [0, 0.1) is 0 Å². The summed E-state index contributed by atoms with van der Waals surface area (Å²) in [5.41, 5.74) is 1.63. The number of benzene rings is 2. The summed E-state index contributed by atoms with van der Waals surface area (Å²) in [5, 5.41) is 3.62. The molecule has 0 bridgehead atoms. The lowest BCUT2D eigenvalue weighted by atomic mass is 10.0. The van der Waals surface area contributed by atoms with Crippen molar-refractivity contribution in [2.45, 2.75) is 43.5 Å². The van der Waals surface area contributed by atoms with Crippen molar-refractivity contribution in [1.29, 1.82) is 0 Å². The molecule has 2 heterocycles. The van der Waals surface area contributed by atoms with E-state index in [2.05, 4.69) is 17.1 Å². The summed E-state index contributed by atoms with van der Waals surface area (Å²) < 4.78 is 0. The molecular weight excluding hydrogens is 454 g/mol. The van der Waals surface area contributed by atoms with Gasteiger partial charge in [-0.05, 0) is 68.6 Å². The second-order valence-corrected chi connectivity index (χ2v) is 10.1. The molecule has 1 saturated heterocycles. The highest BCUT2D eigenvalue weighted by atomic mass is 35.5. The van der Waals surface area contributed by atoms with Gasteiger partial charge < -0.3 is 10.2 Å². The normalized spacial score (nSPS) is 20.1. The number of likely N-dealkylation sites (tertiary alicyclic amines) is 1. The third-order valence-corrected chi connectivity index (χ3v) is 7.48. The molecule has 174 valence electrons. The molecule has 1 N–H and O–H groups in total. The van der Waals surface area contributed by atoms with E-state index in [4.69, 9.17) is 11.6 Å². The Morgan fingerprint density at radius 1 is 1.21 bits per heavy atom. The minimum Gasteiger partial charge on any atom is -0.355 e. The molecule has 0 radical (unpaired) electrons. The third kappa shape index (κ3) is 6.19. The van der Waals surface area contributed by atoms with Gasteiger partial charge >= 0.3 is 0 Å². The summed E-state index contributed by atoms with van der Waals surface area (Å²) in [4.78, 5) is 31.6. The third-order valence-electron chi connectivity index (χ3n) is 6.16. The number of halogens is 1.